The number of nitrogens with zero attached hydrogens (tertiary/aromatic N) is 2. The Balaban J connectivity index is 0. The average Bonchev–Trinajstić information content (AvgIpc) is 1.87. The number of rotatable bonds is 4. The third-order valence-electron chi connectivity index (χ3n) is 1.46. The molecule has 12 heavy (non-hydrogen) atoms. The van der Waals surface area contributed by atoms with Crippen molar-refractivity contribution in [2.75, 3.05) is 6.54 Å². The van der Waals surface area contributed by atoms with Gasteiger partial charge in [-0.2, -0.15) is 0 Å². The minimum atomic E-state index is 0. The van der Waals surface area contributed by atoms with E-state index in [2.05, 4.69) is 43.9 Å². The first-order chi connectivity index (χ1) is 5.09. The molecule has 2 nitrogen and oxygen atoms in total. The van der Waals surface area contributed by atoms with Crippen LogP contribution in [0.1, 0.15) is 34.6 Å². The normalized spacial score (nSPS) is 10.9. The van der Waals surface area contributed by atoms with Gasteiger partial charge in [-0.05, 0) is 53.2 Å². The van der Waals surface area contributed by atoms with Crippen molar-refractivity contribution >= 4 is 6.34 Å². The SMILES string of the molecule is CCN=[C-]N(C(C)C)C(C)C.[Li+]. The van der Waals surface area contributed by atoms with Crippen LogP contribution in [0.15, 0.2) is 4.99 Å². The summed E-state index contributed by atoms with van der Waals surface area (Å²) in [6.45, 7) is 11.4. The molecule has 66 valence electrons. The third kappa shape index (κ3) is 5.68. The Morgan fingerprint density at radius 1 is 1.17 bits per heavy atom. The first kappa shape index (κ1) is 14.6. The molecular formula is C9H19LiN2. The summed E-state index contributed by atoms with van der Waals surface area (Å²) in [7, 11) is 0. The van der Waals surface area contributed by atoms with E-state index in [9.17, 15) is 0 Å². The Morgan fingerprint density at radius 2 is 1.58 bits per heavy atom. The summed E-state index contributed by atoms with van der Waals surface area (Å²) in [5.41, 5.74) is 0. The van der Waals surface area contributed by atoms with Crippen molar-refractivity contribution in [3.05, 3.63) is 0 Å². The Labute approximate surface area is 88.6 Å². The van der Waals surface area contributed by atoms with Gasteiger partial charge in [0.1, 0.15) is 0 Å². The molecule has 0 aromatic rings. The average molecular weight is 162 g/mol. The minimum absolute atomic E-state index is 0. The Bertz CT molecular complexity index is 114. The Morgan fingerprint density at radius 3 is 1.83 bits per heavy atom. The van der Waals surface area contributed by atoms with Gasteiger partial charge in [0.05, 0.1) is 0 Å². The molecule has 0 aliphatic heterocycles. The summed E-state index contributed by atoms with van der Waals surface area (Å²) >= 11 is 0. The van der Waals surface area contributed by atoms with E-state index in [-0.39, 0.29) is 18.9 Å². The number of hydrogen-bond donors (Lipinski definition) is 0. The summed E-state index contributed by atoms with van der Waals surface area (Å²) in [4.78, 5) is 6.22. The van der Waals surface area contributed by atoms with E-state index in [1.54, 1.807) is 0 Å². The molecule has 0 aliphatic carbocycles. The predicted molar refractivity (Wildman–Crippen MR) is 50.1 cm³/mol. The van der Waals surface area contributed by atoms with Gasteiger partial charge in [-0.3, -0.25) is 6.34 Å². The molecule has 0 radical (unpaired) electrons. The van der Waals surface area contributed by atoms with Crippen molar-refractivity contribution in [1.29, 1.82) is 0 Å². The van der Waals surface area contributed by atoms with Gasteiger partial charge in [0, 0.05) is 0 Å². The third-order valence-corrected chi connectivity index (χ3v) is 1.46. The maximum atomic E-state index is 4.09. The fourth-order valence-electron chi connectivity index (χ4n) is 0.980. The summed E-state index contributed by atoms with van der Waals surface area (Å²) in [5.74, 6) is 0. The quantitative estimate of drug-likeness (QED) is 0.171. The van der Waals surface area contributed by atoms with E-state index in [0.29, 0.717) is 12.1 Å². The predicted octanol–water partition coefficient (Wildman–Crippen LogP) is -0.966. The van der Waals surface area contributed by atoms with Crippen LogP contribution in [0.5, 0.6) is 0 Å². The fourth-order valence-corrected chi connectivity index (χ4v) is 0.980. The molecule has 0 rings (SSSR count). The summed E-state index contributed by atoms with van der Waals surface area (Å²) < 4.78 is 0. The molecule has 0 spiro atoms. The van der Waals surface area contributed by atoms with Crippen LogP contribution < -0.4 is 18.9 Å². The van der Waals surface area contributed by atoms with Crippen molar-refractivity contribution in [2.24, 2.45) is 4.99 Å². The molecule has 3 heteroatoms. The van der Waals surface area contributed by atoms with Crippen molar-refractivity contribution in [1.82, 2.24) is 4.90 Å². The second-order valence-electron chi connectivity index (χ2n) is 3.17. The number of hydrogen-bond acceptors (Lipinski definition) is 1. The van der Waals surface area contributed by atoms with Crippen LogP contribution in [0.25, 0.3) is 0 Å². The van der Waals surface area contributed by atoms with Gasteiger partial charge in [0.2, 0.25) is 0 Å². The summed E-state index contributed by atoms with van der Waals surface area (Å²) in [6.07, 6.45) is 3.03. The smallest absolute Gasteiger partial charge is 0.533 e. The van der Waals surface area contributed by atoms with Crippen LogP contribution >= 0.6 is 0 Å². The molecular weight excluding hydrogens is 143 g/mol. The molecule has 0 fully saturated rings. The largest absolute Gasteiger partial charge is 1.00 e. The Hall–Kier alpha value is 0.0674. The molecule has 0 heterocycles. The van der Waals surface area contributed by atoms with E-state index in [1.165, 1.54) is 0 Å². The van der Waals surface area contributed by atoms with Gasteiger partial charge < -0.3 is 9.89 Å². The second kappa shape index (κ2) is 7.70. The molecule has 0 aromatic carbocycles. The van der Waals surface area contributed by atoms with E-state index in [0.717, 1.165) is 6.54 Å². The molecule has 0 atom stereocenters. The van der Waals surface area contributed by atoms with Gasteiger partial charge in [0.15, 0.2) is 0 Å². The maximum Gasteiger partial charge on any atom is 1.00 e. The van der Waals surface area contributed by atoms with Crippen LogP contribution in [-0.4, -0.2) is 29.9 Å². The minimum Gasteiger partial charge on any atom is -0.533 e. The van der Waals surface area contributed by atoms with Crippen molar-refractivity contribution in [3.63, 3.8) is 0 Å². The summed E-state index contributed by atoms with van der Waals surface area (Å²) in [6, 6.07) is 0.982. The van der Waals surface area contributed by atoms with Gasteiger partial charge in [-0.25, -0.2) is 0 Å². The molecule has 0 unspecified atom stereocenters. The second-order valence-corrected chi connectivity index (χ2v) is 3.17. The molecule has 0 saturated heterocycles. The molecule has 0 bridgehead atoms. The topological polar surface area (TPSA) is 15.6 Å². The molecule has 0 N–H and O–H groups in total. The fraction of sp³-hybridized carbons (Fsp3) is 0.889. The van der Waals surface area contributed by atoms with Gasteiger partial charge in [0.25, 0.3) is 0 Å². The molecule has 0 aromatic heterocycles. The van der Waals surface area contributed by atoms with Crippen molar-refractivity contribution < 1.29 is 18.9 Å². The van der Waals surface area contributed by atoms with Crippen LogP contribution in [-0.2, 0) is 0 Å². The zero-order valence-corrected chi connectivity index (χ0v) is 9.26. The van der Waals surface area contributed by atoms with E-state index < -0.39 is 0 Å². The Kier molecular flexibility index (Phi) is 9.36. The van der Waals surface area contributed by atoms with E-state index in [4.69, 9.17) is 0 Å². The van der Waals surface area contributed by atoms with Gasteiger partial charge >= 0.3 is 18.9 Å². The molecule has 0 saturated carbocycles. The van der Waals surface area contributed by atoms with E-state index in [1.807, 2.05) is 6.92 Å². The van der Waals surface area contributed by atoms with Crippen LogP contribution in [0.4, 0.5) is 0 Å². The van der Waals surface area contributed by atoms with Crippen LogP contribution in [0.3, 0.4) is 0 Å². The van der Waals surface area contributed by atoms with E-state index >= 15 is 0 Å². The monoisotopic (exact) mass is 162 g/mol. The van der Waals surface area contributed by atoms with Crippen molar-refractivity contribution in [2.45, 2.75) is 46.7 Å². The first-order valence-corrected chi connectivity index (χ1v) is 4.30. The molecule has 0 amide bonds. The molecule has 0 aliphatic rings. The van der Waals surface area contributed by atoms with Crippen LogP contribution in [0.2, 0.25) is 0 Å². The van der Waals surface area contributed by atoms with Gasteiger partial charge in [-0.1, -0.05) is 0 Å². The maximum absolute atomic E-state index is 4.09. The summed E-state index contributed by atoms with van der Waals surface area (Å²) in [5, 5.41) is 0. The van der Waals surface area contributed by atoms with Gasteiger partial charge in [-0.15, -0.1) is 0 Å². The first-order valence-electron chi connectivity index (χ1n) is 4.30. The zero-order valence-electron chi connectivity index (χ0n) is 9.26. The zero-order chi connectivity index (χ0) is 8.85. The van der Waals surface area contributed by atoms with Crippen molar-refractivity contribution in [3.8, 4) is 0 Å². The standard InChI is InChI=1S/C9H19N2.Li/c1-6-10-7-11(8(2)3)9(4)5;/h8-9H,6H2,1-5H3;/q-1;+1. The number of aliphatic imine (C=N–C) groups is 1. The van der Waals surface area contributed by atoms with Crippen LogP contribution in [0, 0.1) is 0 Å².